The zero-order chi connectivity index (χ0) is 18.1. The van der Waals surface area contributed by atoms with Gasteiger partial charge in [0.15, 0.2) is 10.5 Å². The monoisotopic (exact) mass is 357 g/mol. The van der Waals surface area contributed by atoms with Crippen LogP contribution in [0, 0.1) is 0 Å². The lowest BCUT2D eigenvalue weighted by molar-refractivity contribution is -0.189. The minimum Gasteiger partial charge on any atom is -0.394 e. The standard InChI is InChI=1S/C13H27NO8S/c1-2-3-12(20,11(19)14-4-6-22-7-5-15)13(21,23)10(18)9(17)8-16/h9-10,15-18,20-21,23H,2-8H2,1H3,(H,14,19). The molecule has 0 aromatic carbocycles. The van der Waals surface area contributed by atoms with E-state index in [9.17, 15) is 25.2 Å². The molecule has 0 bridgehead atoms. The van der Waals surface area contributed by atoms with E-state index >= 15 is 0 Å². The quantitative estimate of drug-likeness (QED) is 0.104. The van der Waals surface area contributed by atoms with E-state index in [0.717, 1.165) is 0 Å². The lowest BCUT2D eigenvalue weighted by Crippen LogP contribution is -2.67. The molecule has 0 aliphatic carbocycles. The molecule has 0 radical (unpaired) electrons. The molecule has 0 saturated heterocycles. The summed E-state index contributed by atoms with van der Waals surface area (Å²) in [7, 11) is 0. The van der Waals surface area contributed by atoms with Gasteiger partial charge < -0.3 is 40.7 Å². The molecular formula is C13H27NO8S. The first-order valence-corrected chi connectivity index (χ1v) is 7.74. The van der Waals surface area contributed by atoms with Gasteiger partial charge in [-0.25, -0.2) is 0 Å². The number of carbonyl (C=O) groups is 1. The number of aliphatic hydroxyl groups excluding tert-OH is 4. The van der Waals surface area contributed by atoms with Crippen LogP contribution in [0.1, 0.15) is 19.8 Å². The van der Waals surface area contributed by atoms with Crippen LogP contribution in [0.15, 0.2) is 0 Å². The van der Waals surface area contributed by atoms with E-state index in [2.05, 4.69) is 17.9 Å². The van der Waals surface area contributed by atoms with Crippen molar-refractivity contribution in [2.24, 2.45) is 0 Å². The van der Waals surface area contributed by atoms with Crippen LogP contribution < -0.4 is 5.32 Å². The molecule has 0 rings (SSSR count). The highest BCUT2D eigenvalue weighted by molar-refractivity contribution is 7.81. The van der Waals surface area contributed by atoms with Crippen molar-refractivity contribution in [2.45, 2.75) is 42.5 Å². The maximum Gasteiger partial charge on any atom is 0.256 e. The number of hydrogen-bond donors (Lipinski definition) is 8. The minimum atomic E-state index is -2.69. The second kappa shape index (κ2) is 10.4. The zero-order valence-corrected chi connectivity index (χ0v) is 13.9. The van der Waals surface area contributed by atoms with Crippen LogP contribution in [0.5, 0.6) is 0 Å². The highest BCUT2D eigenvalue weighted by atomic mass is 32.1. The molecule has 1 amide bonds. The van der Waals surface area contributed by atoms with Gasteiger partial charge in [0.1, 0.15) is 12.2 Å². The fourth-order valence-electron chi connectivity index (χ4n) is 1.99. The number of thiol groups is 1. The molecule has 10 heteroatoms. The summed E-state index contributed by atoms with van der Waals surface area (Å²) in [5.41, 5.74) is -2.50. The van der Waals surface area contributed by atoms with Crippen molar-refractivity contribution in [3.8, 4) is 0 Å². The summed E-state index contributed by atoms with van der Waals surface area (Å²) in [5.74, 6) is -1.01. The number of aliphatic hydroxyl groups is 6. The van der Waals surface area contributed by atoms with Crippen LogP contribution in [0.4, 0.5) is 0 Å². The normalized spacial score (nSPS) is 19.5. The Morgan fingerprint density at radius 3 is 2.35 bits per heavy atom. The average molecular weight is 357 g/mol. The van der Waals surface area contributed by atoms with Gasteiger partial charge in [-0.2, -0.15) is 0 Å². The van der Waals surface area contributed by atoms with Crippen molar-refractivity contribution >= 4 is 18.5 Å². The number of carbonyl (C=O) groups excluding carboxylic acids is 1. The third-order valence-electron chi connectivity index (χ3n) is 3.33. The second-order valence-corrected chi connectivity index (χ2v) is 5.80. The fraction of sp³-hybridized carbons (Fsp3) is 0.923. The van der Waals surface area contributed by atoms with E-state index < -0.39 is 35.3 Å². The number of ether oxygens (including phenoxy) is 1. The Hall–Kier alpha value is -0.460. The summed E-state index contributed by atoms with van der Waals surface area (Å²) in [6.45, 7) is 0.737. The van der Waals surface area contributed by atoms with Gasteiger partial charge in [0.25, 0.3) is 5.91 Å². The second-order valence-electron chi connectivity index (χ2n) is 5.12. The first-order valence-electron chi connectivity index (χ1n) is 7.30. The van der Waals surface area contributed by atoms with Crippen molar-refractivity contribution in [2.75, 3.05) is 33.0 Å². The average Bonchev–Trinajstić information content (AvgIpc) is 2.52. The molecule has 4 unspecified atom stereocenters. The van der Waals surface area contributed by atoms with Crippen LogP contribution in [-0.2, 0) is 9.53 Å². The van der Waals surface area contributed by atoms with Crippen LogP contribution in [0.2, 0.25) is 0 Å². The Bertz CT molecular complexity index is 357. The Morgan fingerprint density at radius 1 is 1.26 bits per heavy atom. The van der Waals surface area contributed by atoms with Gasteiger partial charge in [0.2, 0.25) is 0 Å². The lowest BCUT2D eigenvalue weighted by Gasteiger charge is -2.42. The van der Waals surface area contributed by atoms with Crippen molar-refractivity contribution in [3.63, 3.8) is 0 Å². The molecule has 9 nitrogen and oxygen atoms in total. The third kappa shape index (κ3) is 5.84. The highest BCUT2D eigenvalue weighted by Gasteiger charge is 2.57. The summed E-state index contributed by atoms with van der Waals surface area (Å²) in [6, 6.07) is 0. The summed E-state index contributed by atoms with van der Waals surface area (Å²) in [6.07, 6.45) is -3.83. The maximum atomic E-state index is 12.2. The topological polar surface area (TPSA) is 160 Å². The van der Waals surface area contributed by atoms with Crippen LogP contribution in [-0.4, -0.2) is 92.3 Å². The van der Waals surface area contributed by atoms with E-state index in [0.29, 0.717) is 0 Å². The first kappa shape index (κ1) is 22.5. The molecule has 0 aromatic heterocycles. The first-order chi connectivity index (χ1) is 10.7. The molecule has 0 spiro atoms. The Kier molecular flexibility index (Phi) is 10.2. The van der Waals surface area contributed by atoms with Gasteiger partial charge >= 0.3 is 0 Å². The molecule has 138 valence electrons. The van der Waals surface area contributed by atoms with Gasteiger partial charge in [-0.15, -0.1) is 12.6 Å². The predicted octanol–water partition coefficient (Wildman–Crippen LogP) is -3.02. The molecule has 0 fully saturated rings. The number of hydrogen-bond acceptors (Lipinski definition) is 9. The molecule has 0 saturated carbocycles. The van der Waals surface area contributed by atoms with E-state index in [-0.39, 0.29) is 39.2 Å². The largest absolute Gasteiger partial charge is 0.394 e. The van der Waals surface area contributed by atoms with Crippen LogP contribution >= 0.6 is 12.6 Å². The molecule has 0 aliphatic heterocycles. The molecule has 7 N–H and O–H groups in total. The van der Waals surface area contributed by atoms with Gasteiger partial charge in [-0.1, -0.05) is 13.3 Å². The molecule has 4 atom stereocenters. The van der Waals surface area contributed by atoms with Gasteiger partial charge in [0.05, 0.1) is 26.4 Å². The van der Waals surface area contributed by atoms with Crippen LogP contribution in [0.3, 0.4) is 0 Å². The highest BCUT2D eigenvalue weighted by Crippen LogP contribution is 2.35. The molecule has 23 heavy (non-hydrogen) atoms. The zero-order valence-electron chi connectivity index (χ0n) is 13.1. The predicted molar refractivity (Wildman–Crippen MR) is 83.8 cm³/mol. The Morgan fingerprint density at radius 2 is 1.87 bits per heavy atom. The van der Waals surface area contributed by atoms with E-state index in [1.807, 2.05) is 0 Å². The van der Waals surface area contributed by atoms with Gasteiger partial charge in [0, 0.05) is 6.54 Å². The summed E-state index contributed by atoms with van der Waals surface area (Å²) >= 11 is 3.77. The number of rotatable bonds is 12. The lowest BCUT2D eigenvalue weighted by atomic mass is 9.84. The fourth-order valence-corrected chi connectivity index (χ4v) is 2.37. The summed E-state index contributed by atoms with van der Waals surface area (Å²) in [4.78, 5) is 9.53. The molecule has 0 aromatic rings. The Labute approximate surface area is 140 Å². The SMILES string of the molecule is CCCC(O)(C(=O)NCCOCCO)C(O)(S)C(O)C(O)CO. The molecule has 0 aliphatic rings. The van der Waals surface area contributed by atoms with E-state index in [4.69, 9.17) is 14.9 Å². The number of amides is 1. The van der Waals surface area contributed by atoms with Gasteiger partial charge in [-0.05, 0) is 6.42 Å². The number of nitrogens with one attached hydrogen (secondary N) is 1. The van der Waals surface area contributed by atoms with Crippen molar-refractivity contribution < 1.29 is 40.2 Å². The van der Waals surface area contributed by atoms with Crippen molar-refractivity contribution in [1.82, 2.24) is 5.32 Å². The summed E-state index contributed by atoms with van der Waals surface area (Å²) in [5, 5.41) is 59.9. The Balaban J connectivity index is 5.03. The van der Waals surface area contributed by atoms with Crippen LogP contribution in [0.25, 0.3) is 0 Å². The molecule has 0 heterocycles. The van der Waals surface area contributed by atoms with E-state index in [1.54, 1.807) is 6.92 Å². The van der Waals surface area contributed by atoms with Crippen molar-refractivity contribution in [3.05, 3.63) is 0 Å². The minimum absolute atomic E-state index is 0.00658. The smallest absolute Gasteiger partial charge is 0.256 e. The molecular weight excluding hydrogens is 330 g/mol. The summed E-state index contributed by atoms with van der Waals surface area (Å²) < 4.78 is 4.94. The third-order valence-corrected chi connectivity index (χ3v) is 3.96. The maximum absolute atomic E-state index is 12.2. The van der Waals surface area contributed by atoms with Crippen molar-refractivity contribution in [1.29, 1.82) is 0 Å². The van der Waals surface area contributed by atoms with E-state index in [1.165, 1.54) is 0 Å². The van der Waals surface area contributed by atoms with Gasteiger partial charge in [-0.3, -0.25) is 4.79 Å².